The Hall–Kier alpha value is -1.45. The molecule has 0 aliphatic rings. The van der Waals surface area contributed by atoms with Crippen molar-refractivity contribution in [2.75, 3.05) is 0 Å². The number of fused-ring (bicyclic) bond motifs is 3. The second kappa shape index (κ2) is 6.98. The molecule has 23 heavy (non-hydrogen) atoms. The molecule has 0 unspecified atom stereocenters. The molecule has 1 nitrogen and oxygen atoms in total. The summed E-state index contributed by atoms with van der Waals surface area (Å²) in [7, 11) is 0. The van der Waals surface area contributed by atoms with E-state index >= 15 is 0 Å². The Balaban J connectivity index is 2.54. The first-order valence-electron chi connectivity index (χ1n) is 7.64. The highest BCUT2D eigenvalue weighted by atomic mass is 79.9. The van der Waals surface area contributed by atoms with Gasteiger partial charge in [-0.05, 0) is 52.4 Å². The van der Waals surface area contributed by atoms with Gasteiger partial charge in [-0.3, -0.25) is 4.99 Å². The van der Waals surface area contributed by atoms with E-state index < -0.39 is 0 Å². The molecule has 0 aromatic heterocycles. The Labute approximate surface area is 153 Å². The van der Waals surface area contributed by atoms with Gasteiger partial charge in [0.1, 0.15) is 0 Å². The smallest absolute Gasteiger partial charge is 0.0746 e. The molecule has 116 valence electrons. The van der Waals surface area contributed by atoms with Gasteiger partial charge < -0.3 is 0 Å². The van der Waals surface area contributed by atoms with E-state index in [0.29, 0.717) is 0 Å². The Bertz CT molecular complexity index is 926. The fourth-order valence-electron chi connectivity index (χ4n) is 3.02. The van der Waals surface area contributed by atoms with E-state index in [1.165, 1.54) is 27.1 Å². The molecule has 0 atom stereocenters. The number of aryl methyl sites for hydroxylation is 1. The lowest BCUT2D eigenvalue weighted by Crippen LogP contribution is -1.91. The molecule has 0 bridgehead atoms. The highest BCUT2D eigenvalue weighted by molar-refractivity contribution is 9.10. The molecule has 0 aliphatic carbocycles. The quantitative estimate of drug-likeness (QED) is 0.302. The van der Waals surface area contributed by atoms with Gasteiger partial charge in [-0.1, -0.05) is 70.0 Å². The highest BCUT2D eigenvalue weighted by Gasteiger charge is 2.14. The highest BCUT2D eigenvalue weighted by Crippen LogP contribution is 2.40. The minimum Gasteiger partial charge on any atom is -0.256 e. The lowest BCUT2D eigenvalue weighted by Gasteiger charge is -2.15. The van der Waals surface area contributed by atoms with Crippen molar-refractivity contribution in [3.63, 3.8) is 0 Å². The number of hydrogen-bond acceptors (Lipinski definition) is 1. The Morgan fingerprint density at radius 3 is 2.17 bits per heavy atom. The molecule has 0 saturated carbocycles. The number of hydrogen-bond donors (Lipinski definition) is 0. The fraction of sp³-hybridized carbons (Fsp3) is 0.150. The standard InChI is InChI=1S/C20H17Br2N/c1-3-5-16-15-8-6-13(21)11-18(15)19-12-14(22)7-9-17(19)20(16)23-10-4-2/h4,6-12H,2-3,5H2,1H3. The summed E-state index contributed by atoms with van der Waals surface area (Å²) >= 11 is 7.20. The number of aliphatic imine (C=N–C) groups is 1. The van der Waals surface area contributed by atoms with Crippen molar-refractivity contribution in [3.8, 4) is 0 Å². The average Bonchev–Trinajstić information content (AvgIpc) is 2.54. The molecule has 0 radical (unpaired) electrons. The third-order valence-electron chi connectivity index (χ3n) is 3.93. The van der Waals surface area contributed by atoms with Gasteiger partial charge in [0.25, 0.3) is 0 Å². The first-order valence-corrected chi connectivity index (χ1v) is 9.22. The van der Waals surface area contributed by atoms with E-state index in [-0.39, 0.29) is 0 Å². The van der Waals surface area contributed by atoms with Crippen LogP contribution in [0, 0.1) is 0 Å². The maximum absolute atomic E-state index is 4.70. The van der Waals surface area contributed by atoms with Crippen LogP contribution >= 0.6 is 31.9 Å². The predicted octanol–water partition coefficient (Wildman–Crippen LogP) is 7.36. The Kier molecular flexibility index (Phi) is 4.98. The molecule has 3 rings (SSSR count). The maximum atomic E-state index is 4.70. The monoisotopic (exact) mass is 429 g/mol. The number of halogens is 2. The van der Waals surface area contributed by atoms with Gasteiger partial charge in [0, 0.05) is 20.5 Å². The number of nitrogens with zero attached hydrogens (tertiary/aromatic N) is 1. The zero-order valence-corrected chi connectivity index (χ0v) is 16.1. The first kappa shape index (κ1) is 16.4. The van der Waals surface area contributed by atoms with Crippen molar-refractivity contribution >= 4 is 65.3 Å². The summed E-state index contributed by atoms with van der Waals surface area (Å²) < 4.78 is 2.17. The maximum Gasteiger partial charge on any atom is 0.0746 e. The summed E-state index contributed by atoms with van der Waals surface area (Å²) in [6, 6.07) is 12.9. The van der Waals surface area contributed by atoms with Crippen LogP contribution in [0.4, 0.5) is 5.69 Å². The van der Waals surface area contributed by atoms with Crippen molar-refractivity contribution in [3.05, 3.63) is 63.6 Å². The molecular formula is C20H17Br2N. The van der Waals surface area contributed by atoms with Crippen molar-refractivity contribution in [1.29, 1.82) is 0 Å². The van der Waals surface area contributed by atoms with E-state index in [1.54, 1.807) is 12.3 Å². The van der Waals surface area contributed by atoms with E-state index in [1.807, 2.05) is 0 Å². The van der Waals surface area contributed by atoms with E-state index in [9.17, 15) is 0 Å². The van der Waals surface area contributed by atoms with Gasteiger partial charge in [0.15, 0.2) is 0 Å². The molecule has 3 aromatic rings. The van der Waals surface area contributed by atoms with Crippen molar-refractivity contribution in [1.82, 2.24) is 0 Å². The van der Waals surface area contributed by atoms with Crippen LogP contribution in [0.5, 0.6) is 0 Å². The molecule has 0 fully saturated rings. The fourth-order valence-corrected chi connectivity index (χ4v) is 3.74. The largest absolute Gasteiger partial charge is 0.256 e. The molecule has 3 aromatic carbocycles. The molecule has 0 N–H and O–H groups in total. The van der Waals surface area contributed by atoms with Crippen LogP contribution in [0.25, 0.3) is 21.5 Å². The predicted molar refractivity (Wildman–Crippen MR) is 109 cm³/mol. The van der Waals surface area contributed by atoms with Gasteiger partial charge in [0.05, 0.1) is 5.69 Å². The number of allylic oxidation sites excluding steroid dienone is 1. The van der Waals surface area contributed by atoms with Crippen molar-refractivity contribution < 1.29 is 0 Å². The minimum atomic E-state index is 1.01. The summed E-state index contributed by atoms with van der Waals surface area (Å²) in [5.74, 6) is 0. The van der Waals surface area contributed by atoms with Gasteiger partial charge in [-0.2, -0.15) is 0 Å². The number of benzene rings is 3. The summed E-state index contributed by atoms with van der Waals surface area (Å²) in [6.07, 6.45) is 5.60. The van der Waals surface area contributed by atoms with E-state index in [2.05, 4.69) is 81.8 Å². The molecule has 0 amide bonds. The van der Waals surface area contributed by atoms with Gasteiger partial charge in [-0.25, -0.2) is 0 Å². The van der Waals surface area contributed by atoms with Crippen molar-refractivity contribution in [2.45, 2.75) is 19.8 Å². The average molecular weight is 431 g/mol. The summed E-state index contributed by atoms with van der Waals surface area (Å²) in [6.45, 7) is 5.96. The second-order valence-electron chi connectivity index (χ2n) is 5.47. The zero-order chi connectivity index (χ0) is 16.4. The lowest BCUT2D eigenvalue weighted by atomic mass is 9.93. The van der Waals surface area contributed by atoms with Crippen LogP contribution in [0.3, 0.4) is 0 Å². The van der Waals surface area contributed by atoms with Crippen LogP contribution in [0.15, 0.2) is 63.0 Å². The summed E-state index contributed by atoms with van der Waals surface area (Å²) in [4.78, 5) is 4.70. The Morgan fingerprint density at radius 2 is 1.57 bits per heavy atom. The number of rotatable bonds is 4. The Morgan fingerprint density at radius 1 is 0.957 bits per heavy atom. The SMILES string of the molecule is C=CC=Nc1c(CCC)c2ccc(Br)cc2c2cc(Br)ccc12. The molecular weight excluding hydrogens is 414 g/mol. The molecule has 3 heteroatoms. The third-order valence-corrected chi connectivity index (χ3v) is 4.92. The molecule has 0 spiro atoms. The minimum absolute atomic E-state index is 1.01. The molecule has 0 aliphatic heterocycles. The van der Waals surface area contributed by atoms with Crippen LogP contribution in [0.1, 0.15) is 18.9 Å². The summed E-state index contributed by atoms with van der Waals surface area (Å²) in [5, 5.41) is 4.93. The lowest BCUT2D eigenvalue weighted by molar-refractivity contribution is 0.931. The topological polar surface area (TPSA) is 12.4 Å². The van der Waals surface area contributed by atoms with Crippen LogP contribution < -0.4 is 0 Å². The normalized spacial score (nSPS) is 11.6. The van der Waals surface area contributed by atoms with Crippen LogP contribution in [-0.2, 0) is 6.42 Å². The van der Waals surface area contributed by atoms with E-state index in [0.717, 1.165) is 27.5 Å². The molecule has 0 heterocycles. The van der Waals surface area contributed by atoms with Gasteiger partial charge >= 0.3 is 0 Å². The zero-order valence-electron chi connectivity index (χ0n) is 12.9. The first-order chi connectivity index (χ1) is 11.2. The van der Waals surface area contributed by atoms with Gasteiger partial charge in [-0.15, -0.1) is 0 Å². The second-order valence-corrected chi connectivity index (χ2v) is 7.30. The van der Waals surface area contributed by atoms with E-state index in [4.69, 9.17) is 4.99 Å². The summed E-state index contributed by atoms with van der Waals surface area (Å²) in [5.41, 5.74) is 2.37. The third kappa shape index (κ3) is 3.13. The van der Waals surface area contributed by atoms with Crippen molar-refractivity contribution in [2.24, 2.45) is 4.99 Å². The van der Waals surface area contributed by atoms with Crippen LogP contribution in [-0.4, -0.2) is 6.21 Å². The molecule has 0 saturated heterocycles. The van der Waals surface area contributed by atoms with Crippen LogP contribution in [0.2, 0.25) is 0 Å². The van der Waals surface area contributed by atoms with Gasteiger partial charge in [0.2, 0.25) is 0 Å².